The highest BCUT2D eigenvalue weighted by molar-refractivity contribution is 5.18. The van der Waals surface area contributed by atoms with Crippen molar-refractivity contribution in [1.29, 1.82) is 0 Å². The largest absolute Gasteiger partial charge is 0.315 e. The van der Waals surface area contributed by atoms with E-state index in [1.807, 2.05) is 33.3 Å². The van der Waals surface area contributed by atoms with E-state index >= 15 is 0 Å². The smallest absolute Gasteiger partial charge is 0.126 e. The van der Waals surface area contributed by atoms with Crippen LogP contribution in [0.2, 0.25) is 0 Å². The fourth-order valence-electron chi connectivity index (χ4n) is 1.63. The zero-order chi connectivity index (χ0) is 11.3. The topological polar surface area (TPSA) is 15.3 Å². The molecular weight excluding hydrogens is 191 g/mol. The van der Waals surface area contributed by atoms with Crippen LogP contribution in [0.15, 0.2) is 24.3 Å². The van der Waals surface area contributed by atoms with Crippen molar-refractivity contribution in [2.75, 3.05) is 27.7 Å². The van der Waals surface area contributed by atoms with E-state index in [4.69, 9.17) is 0 Å². The number of likely N-dealkylation sites (N-methyl/N-ethyl adjacent to an activating group) is 2. The Bertz CT molecular complexity index is 299. The molecule has 0 spiro atoms. The lowest BCUT2D eigenvalue weighted by Crippen LogP contribution is -2.37. The van der Waals surface area contributed by atoms with Gasteiger partial charge in [-0.15, -0.1) is 0 Å². The average molecular weight is 210 g/mol. The summed E-state index contributed by atoms with van der Waals surface area (Å²) in [5.74, 6) is -0.114. The molecule has 0 bridgehead atoms. The molecule has 2 nitrogen and oxygen atoms in total. The lowest BCUT2D eigenvalue weighted by atomic mass is 10.1. The summed E-state index contributed by atoms with van der Waals surface area (Å²) in [5.41, 5.74) is 0.777. The molecule has 15 heavy (non-hydrogen) atoms. The molecule has 84 valence electrons. The van der Waals surface area contributed by atoms with Gasteiger partial charge in [0, 0.05) is 12.6 Å². The molecule has 1 aromatic rings. The SMILES string of the molecule is CNC(Cc1ccccc1F)CN(C)C. The van der Waals surface area contributed by atoms with E-state index in [9.17, 15) is 4.39 Å². The van der Waals surface area contributed by atoms with Crippen molar-refractivity contribution >= 4 is 0 Å². The van der Waals surface area contributed by atoms with Crippen LogP contribution in [0.1, 0.15) is 5.56 Å². The molecular formula is C12H19FN2. The van der Waals surface area contributed by atoms with Crippen molar-refractivity contribution < 1.29 is 4.39 Å². The monoisotopic (exact) mass is 210 g/mol. The van der Waals surface area contributed by atoms with Gasteiger partial charge in [-0.05, 0) is 39.2 Å². The van der Waals surface area contributed by atoms with Gasteiger partial charge in [-0.2, -0.15) is 0 Å². The van der Waals surface area contributed by atoms with Crippen LogP contribution in [0, 0.1) is 5.82 Å². The molecule has 0 saturated heterocycles. The van der Waals surface area contributed by atoms with Gasteiger partial charge in [-0.25, -0.2) is 4.39 Å². The minimum atomic E-state index is -0.114. The summed E-state index contributed by atoms with van der Waals surface area (Å²) in [7, 11) is 5.95. The van der Waals surface area contributed by atoms with Gasteiger partial charge in [0.1, 0.15) is 5.82 Å². The molecule has 0 fully saturated rings. The molecule has 1 atom stereocenters. The normalized spacial score (nSPS) is 13.1. The number of hydrogen-bond acceptors (Lipinski definition) is 2. The highest BCUT2D eigenvalue weighted by Crippen LogP contribution is 2.09. The predicted molar refractivity (Wildman–Crippen MR) is 61.5 cm³/mol. The summed E-state index contributed by atoms with van der Waals surface area (Å²) in [6.45, 7) is 0.908. The first-order valence-electron chi connectivity index (χ1n) is 5.19. The summed E-state index contributed by atoms with van der Waals surface area (Å²) in [4.78, 5) is 2.10. The Morgan fingerprint density at radius 2 is 2.00 bits per heavy atom. The Morgan fingerprint density at radius 1 is 1.33 bits per heavy atom. The molecule has 0 aromatic heterocycles. The molecule has 0 amide bonds. The Labute approximate surface area is 91.1 Å². The average Bonchev–Trinajstić information content (AvgIpc) is 2.19. The Morgan fingerprint density at radius 3 is 2.53 bits per heavy atom. The molecule has 3 heteroatoms. The Hall–Kier alpha value is -0.930. The zero-order valence-electron chi connectivity index (χ0n) is 9.63. The van der Waals surface area contributed by atoms with E-state index in [0.717, 1.165) is 18.5 Å². The lowest BCUT2D eigenvalue weighted by Gasteiger charge is -2.20. The second-order valence-electron chi connectivity index (χ2n) is 4.04. The Kier molecular flexibility index (Phi) is 4.72. The summed E-state index contributed by atoms with van der Waals surface area (Å²) < 4.78 is 13.4. The van der Waals surface area contributed by atoms with Gasteiger partial charge in [0.15, 0.2) is 0 Å². The molecule has 1 N–H and O–H groups in total. The van der Waals surface area contributed by atoms with Crippen molar-refractivity contribution in [1.82, 2.24) is 10.2 Å². The van der Waals surface area contributed by atoms with Gasteiger partial charge in [-0.1, -0.05) is 18.2 Å². The van der Waals surface area contributed by atoms with Crippen LogP contribution >= 0.6 is 0 Å². The maximum Gasteiger partial charge on any atom is 0.126 e. The fraction of sp³-hybridized carbons (Fsp3) is 0.500. The van der Waals surface area contributed by atoms with Crippen molar-refractivity contribution in [3.05, 3.63) is 35.6 Å². The molecule has 0 aliphatic rings. The summed E-state index contributed by atoms with van der Waals surface area (Å²) in [6.07, 6.45) is 0.724. The van der Waals surface area contributed by atoms with Crippen LogP contribution in [0.25, 0.3) is 0 Å². The molecule has 0 saturated carbocycles. The zero-order valence-corrected chi connectivity index (χ0v) is 9.63. The summed E-state index contributed by atoms with van der Waals surface area (Å²) >= 11 is 0. The van der Waals surface area contributed by atoms with Crippen LogP contribution in [0.5, 0.6) is 0 Å². The first-order chi connectivity index (χ1) is 7.13. The maximum atomic E-state index is 13.4. The van der Waals surface area contributed by atoms with Gasteiger partial charge in [0.25, 0.3) is 0 Å². The minimum Gasteiger partial charge on any atom is -0.315 e. The van der Waals surface area contributed by atoms with Crippen molar-refractivity contribution in [2.24, 2.45) is 0 Å². The number of benzene rings is 1. The van der Waals surface area contributed by atoms with Gasteiger partial charge >= 0.3 is 0 Å². The second-order valence-corrected chi connectivity index (χ2v) is 4.04. The van der Waals surface area contributed by atoms with Crippen molar-refractivity contribution in [3.63, 3.8) is 0 Å². The maximum absolute atomic E-state index is 13.4. The van der Waals surface area contributed by atoms with E-state index in [0.29, 0.717) is 0 Å². The molecule has 0 heterocycles. The molecule has 0 radical (unpaired) electrons. The van der Waals surface area contributed by atoms with Gasteiger partial charge in [-0.3, -0.25) is 0 Å². The number of nitrogens with zero attached hydrogens (tertiary/aromatic N) is 1. The van der Waals surface area contributed by atoms with Crippen LogP contribution in [0.4, 0.5) is 4.39 Å². The number of nitrogens with one attached hydrogen (secondary N) is 1. The van der Waals surface area contributed by atoms with Crippen LogP contribution in [-0.2, 0) is 6.42 Å². The van der Waals surface area contributed by atoms with Crippen LogP contribution < -0.4 is 5.32 Å². The summed E-state index contributed by atoms with van der Waals surface area (Å²) in [5, 5.41) is 3.20. The predicted octanol–water partition coefficient (Wildman–Crippen LogP) is 1.52. The molecule has 1 unspecified atom stereocenters. The third-order valence-corrected chi connectivity index (χ3v) is 2.42. The highest BCUT2D eigenvalue weighted by Gasteiger charge is 2.10. The molecule has 1 aromatic carbocycles. The third-order valence-electron chi connectivity index (χ3n) is 2.42. The van der Waals surface area contributed by atoms with Gasteiger partial charge in [0.2, 0.25) is 0 Å². The van der Waals surface area contributed by atoms with Crippen molar-refractivity contribution in [3.8, 4) is 0 Å². The number of halogens is 1. The fourth-order valence-corrected chi connectivity index (χ4v) is 1.63. The molecule has 0 aliphatic heterocycles. The lowest BCUT2D eigenvalue weighted by molar-refractivity contribution is 0.345. The van der Waals surface area contributed by atoms with Crippen molar-refractivity contribution in [2.45, 2.75) is 12.5 Å². The van der Waals surface area contributed by atoms with Crippen LogP contribution in [-0.4, -0.2) is 38.6 Å². The first kappa shape index (κ1) is 12.1. The van der Waals surface area contributed by atoms with Gasteiger partial charge in [0.05, 0.1) is 0 Å². The van der Waals surface area contributed by atoms with Crippen LogP contribution in [0.3, 0.4) is 0 Å². The van der Waals surface area contributed by atoms with E-state index in [-0.39, 0.29) is 11.9 Å². The minimum absolute atomic E-state index is 0.114. The first-order valence-corrected chi connectivity index (χ1v) is 5.19. The van der Waals surface area contributed by atoms with E-state index < -0.39 is 0 Å². The van der Waals surface area contributed by atoms with E-state index in [2.05, 4.69) is 10.2 Å². The molecule has 1 rings (SSSR count). The second kappa shape index (κ2) is 5.83. The number of rotatable bonds is 5. The highest BCUT2D eigenvalue weighted by atomic mass is 19.1. The van der Waals surface area contributed by atoms with Gasteiger partial charge < -0.3 is 10.2 Å². The standard InChI is InChI=1S/C12H19FN2/c1-14-11(9-15(2)3)8-10-6-4-5-7-12(10)13/h4-7,11,14H,8-9H2,1-3H3. The number of hydrogen-bond donors (Lipinski definition) is 1. The van der Waals surface area contributed by atoms with E-state index in [1.165, 1.54) is 6.07 Å². The summed E-state index contributed by atoms with van der Waals surface area (Å²) in [6, 6.07) is 7.24. The quantitative estimate of drug-likeness (QED) is 0.792. The third kappa shape index (κ3) is 3.98. The van der Waals surface area contributed by atoms with E-state index in [1.54, 1.807) is 6.07 Å². The molecule has 0 aliphatic carbocycles. The Balaban J connectivity index is 2.62.